The topological polar surface area (TPSA) is 101 Å². The molecular weight excluding hydrogens is 414 g/mol. The molecule has 1 aliphatic rings. The quantitative estimate of drug-likeness (QED) is 0.548. The molecule has 1 N–H and O–H groups in total. The zero-order chi connectivity index (χ0) is 22.3. The van der Waals surface area contributed by atoms with Crippen LogP contribution in [0.25, 0.3) is 11.3 Å². The van der Waals surface area contributed by atoms with Crippen molar-refractivity contribution < 1.29 is 23.7 Å². The predicted molar refractivity (Wildman–Crippen MR) is 116 cm³/mol. The first-order chi connectivity index (χ1) is 15.6. The van der Waals surface area contributed by atoms with Crippen LogP contribution in [0.15, 0.2) is 59.7 Å². The van der Waals surface area contributed by atoms with Crippen molar-refractivity contribution in [2.45, 2.75) is 13.5 Å². The standard InChI is InChI=1S/C23H23N3O6/c1-2-29-17-5-3-16(4-6-17)19-12-23(28)26(14-25-19)10-9-24-22(27)13-30-18-7-8-20-21(11-18)32-15-31-20/h3-8,11-12,14H,2,9-10,13,15H2,1H3,(H,24,27). The fourth-order valence-electron chi connectivity index (χ4n) is 3.12. The first kappa shape index (κ1) is 21.2. The third-order valence-electron chi connectivity index (χ3n) is 4.73. The third-order valence-corrected chi connectivity index (χ3v) is 4.73. The highest BCUT2D eigenvalue weighted by Gasteiger charge is 2.14. The molecule has 166 valence electrons. The number of hydrogen-bond acceptors (Lipinski definition) is 7. The molecule has 32 heavy (non-hydrogen) atoms. The minimum atomic E-state index is -0.297. The van der Waals surface area contributed by atoms with Gasteiger partial charge in [0.25, 0.3) is 11.5 Å². The predicted octanol–water partition coefficient (Wildman–Crippen LogP) is 2.23. The molecule has 0 unspecified atom stereocenters. The lowest BCUT2D eigenvalue weighted by atomic mass is 10.1. The summed E-state index contributed by atoms with van der Waals surface area (Å²) in [7, 11) is 0. The SMILES string of the molecule is CCOc1ccc(-c2cc(=O)n(CCNC(=O)COc3ccc4c(c3)OCO4)cn2)cc1. The van der Waals surface area contributed by atoms with Crippen molar-refractivity contribution in [3.63, 3.8) is 0 Å². The largest absolute Gasteiger partial charge is 0.494 e. The van der Waals surface area contributed by atoms with Crippen molar-refractivity contribution in [1.29, 1.82) is 0 Å². The Balaban J connectivity index is 1.25. The summed E-state index contributed by atoms with van der Waals surface area (Å²) in [5.41, 5.74) is 1.21. The number of nitrogens with zero attached hydrogens (tertiary/aromatic N) is 2. The maximum atomic E-state index is 12.4. The van der Waals surface area contributed by atoms with Gasteiger partial charge in [0, 0.05) is 30.8 Å². The zero-order valence-corrected chi connectivity index (χ0v) is 17.6. The van der Waals surface area contributed by atoms with Crippen LogP contribution in [0, 0.1) is 0 Å². The second-order valence-electron chi connectivity index (χ2n) is 6.92. The highest BCUT2D eigenvalue weighted by molar-refractivity contribution is 5.77. The number of hydrogen-bond donors (Lipinski definition) is 1. The van der Waals surface area contributed by atoms with Crippen LogP contribution in [0.4, 0.5) is 0 Å². The van der Waals surface area contributed by atoms with E-state index in [1.807, 2.05) is 31.2 Å². The van der Waals surface area contributed by atoms with Crippen molar-refractivity contribution in [3.8, 4) is 34.3 Å². The van der Waals surface area contributed by atoms with Gasteiger partial charge in [-0.2, -0.15) is 0 Å². The summed E-state index contributed by atoms with van der Waals surface area (Å²) in [5.74, 6) is 2.21. The molecule has 0 fully saturated rings. The first-order valence-corrected chi connectivity index (χ1v) is 10.2. The molecule has 1 amide bonds. The number of amides is 1. The third kappa shape index (κ3) is 5.18. The zero-order valence-electron chi connectivity index (χ0n) is 17.6. The van der Waals surface area contributed by atoms with Crippen LogP contribution in [-0.4, -0.2) is 42.0 Å². The average molecular weight is 437 g/mol. The Hall–Kier alpha value is -4.01. The van der Waals surface area contributed by atoms with E-state index in [0.717, 1.165) is 11.3 Å². The van der Waals surface area contributed by atoms with Crippen LogP contribution in [0.2, 0.25) is 0 Å². The van der Waals surface area contributed by atoms with Gasteiger partial charge >= 0.3 is 0 Å². The number of rotatable bonds is 9. The van der Waals surface area contributed by atoms with E-state index in [-0.39, 0.29) is 31.4 Å². The Bertz CT molecular complexity index is 1140. The summed E-state index contributed by atoms with van der Waals surface area (Å²) in [5, 5.41) is 2.72. The Labute approximate surface area is 184 Å². The van der Waals surface area contributed by atoms with Crippen LogP contribution in [0.3, 0.4) is 0 Å². The summed E-state index contributed by atoms with van der Waals surface area (Å²) in [6, 6.07) is 14.0. The molecule has 9 nitrogen and oxygen atoms in total. The van der Waals surface area contributed by atoms with E-state index in [1.165, 1.54) is 17.0 Å². The molecule has 1 aliphatic heterocycles. The van der Waals surface area contributed by atoms with Gasteiger partial charge in [0.2, 0.25) is 6.79 Å². The maximum absolute atomic E-state index is 12.4. The van der Waals surface area contributed by atoms with E-state index in [2.05, 4.69) is 10.3 Å². The Morgan fingerprint density at radius 3 is 2.62 bits per heavy atom. The molecular formula is C23H23N3O6. The number of fused-ring (bicyclic) bond motifs is 1. The minimum Gasteiger partial charge on any atom is -0.494 e. The second-order valence-corrected chi connectivity index (χ2v) is 6.92. The number of aromatic nitrogens is 2. The Morgan fingerprint density at radius 2 is 1.84 bits per heavy atom. The first-order valence-electron chi connectivity index (χ1n) is 10.2. The normalized spacial score (nSPS) is 11.8. The van der Waals surface area contributed by atoms with Gasteiger partial charge in [0.1, 0.15) is 11.5 Å². The molecule has 0 aliphatic carbocycles. The van der Waals surface area contributed by atoms with Crippen LogP contribution in [0.1, 0.15) is 6.92 Å². The summed E-state index contributed by atoms with van der Waals surface area (Å²) >= 11 is 0. The highest BCUT2D eigenvalue weighted by atomic mass is 16.7. The number of carbonyl (C=O) groups excluding carboxylic acids is 1. The highest BCUT2D eigenvalue weighted by Crippen LogP contribution is 2.35. The molecule has 9 heteroatoms. The lowest BCUT2D eigenvalue weighted by Gasteiger charge is -2.10. The van der Waals surface area contributed by atoms with Gasteiger partial charge in [-0.25, -0.2) is 4.98 Å². The van der Waals surface area contributed by atoms with Gasteiger partial charge in [-0.15, -0.1) is 0 Å². The van der Waals surface area contributed by atoms with Gasteiger partial charge in [-0.1, -0.05) is 0 Å². The van der Waals surface area contributed by atoms with E-state index < -0.39 is 0 Å². The van der Waals surface area contributed by atoms with Crippen LogP contribution >= 0.6 is 0 Å². The molecule has 0 atom stereocenters. The second kappa shape index (κ2) is 9.86. The van der Waals surface area contributed by atoms with E-state index in [1.54, 1.807) is 18.2 Å². The fraction of sp³-hybridized carbons (Fsp3) is 0.261. The molecule has 0 saturated heterocycles. The average Bonchev–Trinajstić information content (AvgIpc) is 3.27. The molecule has 0 spiro atoms. The smallest absolute Gasteiger partial charge is 0.258 e. The number of benzene rings is 2. The van der Waals surface area contributed by atoms with E-state index in [9.17, 15) is 9.59 Å². The van der Waals surface area contributed by atoms with Crippen LogP contribution in [-0.2, 0) is 11.3 Å². The van der Waals surface area contributed by atoms with Crippen molar-refractivity contribution in [2.24, 2.45) is 0 Å². The maximum Gasteiger partial charge on any atom is 0.258 e. The van der Waals surface area contributed by atoms with Gasteiger partial charge in [0.15, 0.2) is 18.1 Å². The van der Waals surface area contributed by atoms with Crippen molar-refractivity contribution in [2.75, 3.05) is 26.6 Å². The molecule has 4 rings (SSSR count). The molecule has 0 radical (unpaired) electrons. The van der Waals surface area contributed by atoms with Gasteiger partial charge in [-0.3, -0.25) is 14.2 Å². The number of nitrogens with one attached hydrogen (secondary N) is 1. The molecule has 3 aromatic rings. The van der Waals surface area contributed by atoms with Gasteiger partial charge in [-0.05, 0) is 43.3 Å². The molecule has 0 bridgehead atoms. The lowest BCUT2D eigenvalue weighted by molar-refractivity contribution is -0.123. The van der Waals surface area contributed by atoms with E-state index >= 15 is 0 Å². The summed E-state index contributed by atoms with van der Waals surface area (Å²) in [4.78, 5) is 28.8. The fourth-order valence-corrected chi connectivity index (χ4v) is 3.12. The summed E-state index contributed by atoms with van der Waals surface area (Å²) < 4.78 is 22.8. The van der Waals surface area contributed by atoms with Crippen molar-refractivity contribution >= 4 is 5.91 Å². The number of ether oxygens (including phenoxy) is 4. The molecule has 1 aromatic heterocycles. The van der Waals surface area contributed by atoms with Crippen molar-refractivity contribution in [3.05, 3.63) is 65.2 Å². The van der Waals surface area contributed by atoms with Crippen molar-refractivity contribution in [1.82, 2.24) is 14.9 Å². The molecule has 2 heterocycles. The lowest BCUT2D eigenvalue weighted by Crippen LogP contribution is -2.33. The Morgan fingerprint density at radius 1 is 1.06 bits per heavy atom. The summed E-state index contributed by atoms with van der Waals surface area (Å²) in [6.45, 7) is 3.11. The van der Waals surface area contributed by atoms with Crippen LogP contribution < -0.4 is 29.8 Å². The van der Waals surface area contributed by atoms with E-state index in [0.29, 0.717) is 36.1 Å². The molecule has 0 saturated carbocycles. The van der Waals surface area contributed by atoms with E-state index in [4.69, 9.17) is 18.9 Å². The minimum absolute atomic E-state index is 0.149. The summed E-state index contributed by atoms with van der Waals surface area (Å²) in [6.07, 6.45) is 1.48. The number of carbonyl (C=O) groups is 1. The molecule has 2 aromatic carbocycles. The van der Waals surface area contributed by atoms with Gasteiger partial charge < -0.3 is 24.3 Å². The van der Waals surface area contributed by atoms with Crippen LogP contribution in [0.5, 0.6) is 23.0 Å². The van der Waals surface area contributed by atoms with Gasteiger partial charge in [0.05, 0.1) is 18.6 Å². The monoisotopic (exact) mass is 437 g/mol. The Kier molecular flexibility index (Phi) is 6.54.